The Labute approximate surface area is 95.7 Å². The zero-order valence-corrected chi connectivity index (χ0v) is 9.97. The number of H-pyrrole nitrogens is 1. The average molecular weight is 224 g/mol. The third-order valence-electron chi connectivity index (χ3n) is 2.16. The Bertz CT molecular complexity index is 361. The maximum absolute atomic E-state index is 11.3. The van der Waals surface area contributed by atoms with Crippen LogP contribution in [0.4, 0.5) is 5.82 Å². The van der Waals surface area contributed by atoms with E-state index in [0.29, 0.717) is 5.82 Å². The smallest absolute Gasteiger partial charge is 0.252 e. The van der Waals surface area contributed by atoms with E-state index in [-0.39, 0.29) is 5.56 Å². The number of aryl methyl sites for hydroxylation is 1. The van der Waals surface area contributed by atoms with Crippen LogP contribution in [0.3, 0.4) is 0 Å². The van der Waals surface area contributed by atoms with Crippen molar-refractivity contribution in [1.82, 2.24) is 15.3 Å². The van der Waals surface area contributed by atoms with Crippen LogP contribution in [0.1, 0.15) is 26.1 Å². The minimum atomic E-state index is -0.101. The molecule has 0 saturated carbocycles. The summed E-state index contributed by atoms with van der Waals surface area (Å²) in [7, 11) is 0. The first-order valence-corrected chi connectivity index (χ1v) is 5.81. The lowest BCUT2D eigenvalue weighted by Crippen LogP contribution is -2.24. The van der Waals surface area contributed by atoms with Crippen LogP contribution in [0.5, 0.6) is 0 Å². The number of nitrogens with zero attached hydrogens (tertiary/aromatic N) is 1. The molecule has 5 heteroatoms. The van der Waals surface area contributed by atoms with Crippen molar-refractivity contribution in [2.75, 3.05) is 25.0 Å². The third kappa shape index (κ3) is 4.44. The molecule has 1 heterocycles. The monoisotopic (exact) mass is 224 g/mol. The summed E-state index contributed by atoms with van der Waals surface area (Å²) < 4.78 is 0. The maximum Gasteiger partial charge on any atom is 0.252 e. The Morgan fingerprint density at radius 2 is 2.12 bits per heavy atom. The van der Waals surface area contributed by atoms with Crippen molar-refractivity contribution in [1.29, 1.82) is 0 Å². The highest BCUT2D eigenvalue weighted by atomic mass is 16.1. The van der Waals surface area contributed by atoms with Gasteiger partial charge < -0.3 is 15.6 Å². The standard InChI is InChI=1S/C11H20N4O/c1-3-5-12-6-7-13-10-8-11(16)15-9(4-2)14-10/h8,12H,3-7H2,1-2H3,(H2,13,14,15,16). The van der Waals surface area contributed by atoms with Crippen molar-refractivity contribution in [3.8, 4) is 0 Å². The summed E-state index contributed by atoms with van der Waals surface area (Å²) in [5.74, 6) is 1.37. The first-order chi connectivity index (χ1) is 7.76. The van der Waals surface area contributed by atoms with Gasteiger partial charge in [0.25, 0.3) is 5.56 Å². The average Bonchev–Trinajstić information content (AvgIpc) is 2.28. The van der Waals surface area contributed by atoms with Gasteiger partial charge in [-0.1, -0.05) is 13.8 Å². The summed E-state index contributed by atoms with van der Waals surface area (Å²) in [5, 5.41) is 6.40. The molecular formula is C11H20N4O. The number of aromatic amines is 1. The fourth-order valence-electron chi connectivity index (χ4n) is 1.35. The minimum Gasteiger partial charge on any atom is -0.369 e. The number of nitrogens with one attached hydrogen (secondary N) is 3. The summed E-state index contributed by atoms with van der Waals surface area (Å²) in [5.41, 5.74) is -0.101. The van der Waals surface area contributed by atoms with Gasteiger partial charge >= 0.3 is 0 Å². The SMILES string of the molecule is CCCNCCNc1cc(=O)[nH]c(CC)n1. The first-order valence-electron chi connectivity index (χ1n) is 5.81. The topological polar surface area (TPSA) is 69.8 Å². The number of hydrogen-bond acceptors (Lipinski definition) is 4. The lowest BCUT2D eigenvalue weighted by atomic mass is 10.4. The second-order valence-electron chi connectivity index (χ2n) is 3.61. The van der Waals surface area contributed by atoms with Gasteiger partial charge in [-0.15, -0.1) is 0 Å². The number of aromatic nitrogens is 2. The minimum absolute atomic E-state index is 0.101. The van der Waals surface area contributed by atoms with Crippen LogP contribution in [0.25, 0.3) is 0 Å². The van der Waals surface area contributed by atoms with Crippen molar-refractivity contribution < 1.29 is 0 Å². The molecule has 0 aliphatic heterocycles. The lowest BCUT2D eigenvalue weighted by Gasteiger charge is -2.07. The quantitative estimate of drug-likeness (QED) is 0.598. The molecule has 0 spiro atoms. The molecule has 0 aliphatic rings. The Hall–Kier alpha value is -1.36. The fourth-order valence-corrected chi connectivity index (χ4v) is 1.35. The summed E-state index contributed by atoms with van der Waals surface area (Å²) >= 11 is 0. The van der Waals surface area contributed by atoms with E-state index >= 15 is 0 Å². The summed E-state index contributed by atoms with van der Waals surface area (Å²) in [6, 6.07) is 1.49. The van der Waals surface area contributed by atoms with E-state index in [1.807, 2.05) is 6.92 Å². The third-order valence-corrected chi connectivity index (χ3v) is 2.16. The molecule has 0 aliphatic carbocycles. The van der Waals surface area contributed by atoms with Gasteiger partial charge in [-0.2, -0.15) is 0 Å². The largest absolute Gasteiger partial charge is 0.369 e. The van der Waals surface area contributed by atoms with E-state index in [4.69, 9.17) is 0 Å². The lowest BCUT2D eigenvalue weighted by molar-refractivity contribution is 0.686. The summed E-state index contributed by atoms with van der Waals surface area (Å²) in [6.45, 7) is 6.77. The van der Waals surface area contributed by atoms with E-state index in [1.54, 1.807) is 0 Å². The van der Waals surface area contributed by atoms with Crippen LogP contribution in [-0.2, 0) is 6.42 Å². The molecule has 0 unspecified atom stereocenters. The highest BCUT2D eigenvalue weighted by Crippen LogP contribution is 1.98. The first kappa shape index (κ1) is 12.7. The van der Waals surface area contributed by atoms with E-state index in [1.165, 1.54) is 6.07 Å². The van der Waals surface area contributed by atoms with Crippen molar-refractivity contribution in [2.24, 2.45) is 0 Å². The molecule has 0 radical (unpaired) electrons. The highest BCUT2D eigenvalue weighted by Gasteiger charge is 1.98. The van der Waals surface area contributed by atoms with Crippen molar-refractivity contribution in [3.63, 3.8) is 0 Å². The predicted molar refractivity (Wildman–Crippen MR) is 65.9 cm³/mol. The number of anilines is 1. The fraction of sp³-hybridized carbons (Fsp3) is 0.636. The summed E-state index contributed by atoms with van der Waals surface area (Å²) in [6.07, 6.45) is 1.86. The zero-order chi connectivity index (χ0) is 11.8. The molecule has 0 aromatic carbocycles. The van der Waals surface area contributed by atoms with Crippen molar-refractivity contribution >= 4 is 5.82 Å². The highest BCUT2D eigenvalue weighted by molar-refractivity contribution is 5.32. The predicted octanol–water partition coefficient (Wildman–Crippen LogP) is 0.744. The van der Waals surface area contributed by atoms with Crippen LogP contribution < -0.4 is 16.2 Å². The molecule has 0 amide bonds. The van der Waals surface area contributed by atoms with E-state index in [2.05, 4.69) is 27.5 Å². The van der Waals surface area contributed by atoms with Crippen molar-refractivity contribution in [3.05, 3.63) is 22.2 Å². The summed E-state index contributed by atoms with van der Waals surface area (Å²) in [4.78, 5) is 18.2. The van der Waals surface area contributed by atoms with E-state index in [0.717, 1.165) is 38.3 Å². The normalized spacial score (nSPS) is 10.4. The van der Waals surface area contributed by atoms with Gasteiger partial charge in [-0.05, 0) is 13.0 Å². The van der Waals surface area contributed by atoms with Gasteiger partial charge in [0.1, 0.15) is 11.6 Å². The number of rotatable bonds is 7. The molecule has 0 saturated heterocycles. The van der Waals surface area contributed by atoms with Crippen LogP contribution in [0.2, 0.25) is 0 Å². The molecule has 1 aromatic rings. The van der Waals surface area contributed by atoms with E-state index in [9.17, 15) is 4.79 Å². The maximum atomic E-state index is 11.3. The van der Waals surface area contributed by atoms with Gasteiger partial charge in [-0.3, -0.25) is 4.79 Å². The second kappa shape index (κ2) is 7.00. The van der Waals surface area contributed by atoms with Crippen LogP contribution in [-0.4, -0.2) is 29.6 Å². The van der Waals surface area contributed by atoms with Gasteiger partial charge in [0.15, 0.2) is 0 Å². The Balaban J connectivity index is 2.41. The molecule has 1 aromatic heterocycles. The molecule has 90 valence electrons. The molecule has 1 rings (SSSR count). The van der Waals surface area contributed by atoms with Crippen molar-refractivity contribution in [2.45, 2.75) is 26.7 Å². The van der Waals surface area contributed by atoms with Gasteiger partial charge in [-0.25, -0.2) is 4.98 Å². The molecular weight excluding hydrogens is 204 g/mol. The van der Waals surface area contributed by atoms with E-state index < -0.39 is 0 Å². The molecule has 16 heavy (non-hydrogen) atoms. The van der Waals surface area contributed by atoms with Crippen LogP contribution in [0.15, 0.2) is 10.9 Å². The Morgan fingerprint density at radius 3 is 2.81 bits per heavy atom. The van der Waals surface area contributed by atoms with Gasteiger partial charge in [0.2, 0.25) is 0 Å². The van der Waals surface area contributed by atoms with Crippen LogP contribution in [0, 0.1) is 0 Å². The molecule has 3 N–H and O–H groups in total. The molecule has 5 nitrogen and oxygen atoms in total. The molecule has 0 fully saturated rings. The molecule has 0 bridgehead atoms. The van der Waals surface area contributed by atoms with Gasteiger partial charge in [0.05, 0.1) is 0 Å². The zero-order valence-electron chi connectivity index (χ0n) is 9.97. The second-order valence-corrected chi connectivity index (χ2v) is 3.61. The molecule has 0 atom stereocenters. The number of hydrogen-bond donors (Lipinski definition) is 3. The van der Waals surface area contributed by atoms with Crippen LogP contribution >= 0.6 is 0 Å². The Morgan fingerprint density at radius 1 is 1.31 bits per heavy atom. The van der Waals surface area contributed by atoms with Gasteiger partial charge in [0, 0.05) is 25.6 Å². The Kier molecular flexibility index (Phi) is 5.56.